The molecular weight excluding hydrogens is 138 g/mol. The van der Waals surface area contributed by atoms with Gasteiger partial charge < -0.3 is 9.73 Å². The van der Waals surface area contributed by atoms with Crippen LogP contribution in [0.25, 0.3) is 6.08 Å². The van der Waals surface area contributed by atoms with Gasteiger partial charge in [0.15, 0.2) is 0 Å². The summed E-state index contributed by atoms with van der Waals surface area (Å²) < 4.78 is 5.21. The second kappa shape index (κ2) is 3.28. The molecule has 2 heteroatoms. The lowest BCUT2D eigenvalue weighted by molar-refractivity contribution is 0.532. The average Bonchev–Trinajstić information content (AvgIpc) is 2.29. The molecule has 2 nitrogen and oxygen atoms in total. The number of rotatable bonds is 2. The van der Waals surface area contributed by atoms with E-state index in [0.717, 1.165) is 5.76 Å². The molecule has 0 aliphatic heterocycles. The smallest absolute Gasteiger partial charge is 0.108 e. The molecule has 1 N–H and O–H groups in total. The van der Waals surface area contributed by atoms with Crippen LogP contribution in [0.4, 0.5) is 0 Å². The molecule has 0 unspecified atom stereocenters. The SMILES string of the molecule is CN/C=C/c1c(C)coc1C. The van der Waals surface area contributed by atoms with Crippen LogP contribution in [-0.2, 0) is 0 Å². The predicted octanol–water partition coefficient (Wildman–Crippen LogP) is 2.09. The minimum Gasteiger partial charge on any atom is -0.469 e. The standard InChI is InChI=1S/C9H13NO/c1-7-6-11-8(2)9(7)4-5-10-3/h4-6,10H,1-3H3/b5-4+. The Morgan fingerprint density at radius 2 is 2.18 bits per heavy atom. The second-order valence-corrected chi connectivity index (χ2v) is 2.51. The molecule has 0 aliphatic carbocycles. The van der Waals surface area contributed by atoms with E-state index in [-0.39, 0.29) is 0 Å². The highest BCUT2D eigenvalue weighted by Gasteiger charge is 2.01. The van der Waals surface area contributed by atoms with Crippen LogP contribution in [0.1, 0.15) is 16.9 Å². The molecule has 0 aliphatic rings. The van der Waals surface area contributed by atoms with E-state index in [0.29, 0.717) is 0 Å². The molecular formula is C9H13NO. The van der Waals surface area contributed by atoms with E-state index in [1.807, 2.05) is 33.2 Å². The number of furan rings is 1. The first kappa shape index (κ1) is 7.92. The van der Waals surface area contributed by atoms with Gasteiger partial charge in [-0.2, -0.15) is 0 Å². The van der Waals surface area contributed by atoms with Gasteiger partial charge in [0.05, 0.1) is 6.26 Å². The van der Waals surface area contributed by atoms with Crippen LogP contribution in [0, 0.1) is 13.8 Å². The Hall–Kier alpha value is -1.18. The van der Waals surface area contributed by atoms with Crippen molar-refractivity contribution in [2.45, 2.75) is 13.8 Å². The monoisotopic (exact) mass is 151 g/mol. The maximum Gasteiger partial charge on any atom is 0.108 e. The zero-order valence-corrected chi connectivity index (χ0v) is 7.14. The Morgan fingerprint density at radius 3 is 2.64 bits per heavy atom. The molecule has 0 saturated heterocycles. The largest absolute Gasteiger partial charge is 0.469 e. The second-order valence-electron chi connectivity index (χ2n) is 2.51. The van der Waals surface area contributed by atoms with Gasteiger partial charge in [0.25, 0.3) is 0 Å². The lowest BCUT2D eigenvalue weighted by Gasteiger charge is -1.90. The quantitative estimate of drug-likeness (QED) is 0.700. The summed E-state index contributed by atoms with van der Waals surface area (Å²) in [4.78, 5) is 0. The summed E-state index contributed by atoms with van der Waals surface area (Å²) in [6.45, 7) is 3.99. The first-order valence-corrected chi connectivity index (χ1v) is 3.64. The summed E-state index contributed by atoms with van der Waals surface area (Å²) in [5, 5.41) is 2.94. The highest BCUT2D eigenvalue weighted by molar-refractivity contribution is 5.54. The van der Waals surface area contributed by atoms with E-state index in [9.17, 15) is 0 Å². The summed E-state index contributed by atoms with van der Waals surface area (Å²) in [5.74, 6) is 0.967. The zero-order valence-electron chi connectivity index (χ0n) is 7.14. The molecule has 0 aromatic carbocycles. The van der Waals surface area contributed by atoms with E-state index < -0.39 is 0 Å². The topological polar surface area (TPSA) is 25.2 Å². The van der Waals surface area contributed by atoms with E-state index in [1.54, 1.807) is 6.26 Å². The maximum atomic E-state index is 5.21. The van der Waals surface area contributed by atoms with Gasteiger partial charge in [-0.25, -0.2) is 0 Å². The van der Waals surface area contributed by atoms with Gasteiger partial charge in [-0.15, -0.1) is 0 Å². The molecule has 1 heterocycles. The minimum absolute atomic E-state index is 0.967. The van der Waals surface area contributed by atoms with Crippen molar-refractivity contribution in [3.8, 4) is 0 Å². The molecule has 0 saturated carbocycles. The van der Waals surface area contributed by atoms with E-state index in [2.05, 4.69) is 5.32 Å². The summed E-state index contributed by atoms with van der Waals surface area (Å²) in [5.41, 5.74) is 2.34. The predicted molar refractivity (Wildman–Crippen MR) is 46.3 cm³/mol. The van der Waals surface area contributed by atoms with Gasteiger partial charge in [0.1, 0.15) is 5.76 Å². The molecule has 1 rings (SSSR count). The molecule has 1 aromatic rings. The molecule has 11 heavy (non-hydrogen) atoms. The number of hydrogen-bond acceptors (Lipinski definition) is 2. The Kier molecular flexibility index (Phi) is 2.36. The fourth-order valence-electron chi connectivity index (χ4n) is 0.997. The molecule has 0 atom stereocenters. The number of nitrogens with one attached hydrogen (secondary N) is 1. The summed E-state index contributed by atoms with van der Waals surface area (Å²) >= 11 is 0. The molecule has 0 spiro atoms. The highest BCUT2D eigenvalue weighted by Crippen LogP contribution is 2.16. The van der Waals surface area contributed by atoms with Crippen molar-refractivity contribution < 1.29 is 4.42 Å². The van der Waals surface area contributed by atoms with Gasteiger partial charge in [-0.3, -0.25) is 0 Å². The highest BCUT2D eigenvalue weighted by atomic mass is 16.3. The fraction of sp³-hybridized carbons (Fsp3) is 0.333. The summed E-state index contributed by atoms with van der Waals surface area (Å²) in [6.07, 6.45) is 5.67. The van der Waals surface area contributed by atoms with Crippen molar-refractivity contribution in [1.82, 2.24) is 5.32 Å². The average molecular weight is 151 g/mol. The molecule has 0 bridgehead atoms. The van der Waals surface area contributed by atoms with Crippen LogP contribution < -0.4 is 5.32 Å². The molecule has 0 amide bonds. The van der Waals surface area contributed by atoms with Crippen molar-refractivity contribution in [3.05, 3.63) is 29.4 Å². The Bertz CT molecular complexity index is 241. The van der Waals surface area contributed by atoms with Gasteiger partial charge in [-0.05, 0) is 31.7 Å². The Balaban J connectivity index is 2.92. The van der Waals surface area contributed by atoms with Crippen LogP contribution in [0.2, 0.25) is 0 Å². The van der Waals surface area contributed by atoms with Crippen LogP contribution in [-0.4, -0.2) is 7.05 Å². The first-order chi connectivity index (χ1) is 5.25. The fourth-order valence-corrected chi connectivity index (χ4v) is 0.997. The Labute approximate surface area is 66.9 Å². The van der Waals surface area contributed by atoms with Crippen molar-refractivity contribution in [2.75, 3.05) is 7.05 Å². The van der Waals surface area contributed by atoms with Crippen LogP contribution in [0.3, 0.4) is 0 Å². The van der Waals surface area contributed by atoms with Gasteiger partial charge in [0, 0.05) is 12.6 Å². The van der Waals surface area contributed by atoms with Crippen LogP contribution >= 0.6 is 0 Å². The van der Waals surface area contributed by atoms with Gasteiger partial charge in [-0.1, -0.05) is 0 Å². The van der Waals surface area contributed by atoms with Crippen molar-refractivity contribution in [1.29, 1.82) is 0 Å². The Morgan fingerprint density at radius 1 is 1.45 bits per heavy atom. The minimum atomic E-state index is 0.967. The van der Waals surface area contributed by atoms with E-state index in [4.69, 9.17) is 4.42 Å². The van der Waals surface area contributed by atoms with Gasteiger partial charge in [0.2, 0.25) is 0 Å². The maximum absolute atomic E-state index is 5.21. The van der Waals surface area contributed by atoms with Crippen molar-refractivity contribution in [2.24, 2.45) is 0 Å². The molecule has 60 valence electrons. The lowest BCUT2D eigenvalue weighted by atomic mass is 10.2. The zero-order chi connectivity index (χ0) is 8.27. The number of aryl methyl sites for hydroxylation is 2. The normalized spacial score (nSPS) is 10.8. The van der Waals surface area contributed by atoms with E-state index in [1.165, 1.54) is 11.1 Å². The molecule has 0 fully saturated rings. The van der Waals surface area contributed by atoms with Crippen molar-refractivity contribution >= 4 is 6.08 Å². The summed E-state index contributed by atoms with van der Waals surface area (Å²) in [6, 6.07) is 0. The number of hydrogen-bond donors (Lipinski definition) is 1. The van der Waals surface area contributed by atoms with Crippen LogP contribution in [0.5, 0.6) is 0 Å². The first-order valence-electron chi connectivity index (χ1n) is 3.64. The lowest BCUT2D eigenvalue weighted by Crippen LogP contribution is -1.91. The third-order valence-electron chi connectivity index (χ3n) is 1.63. The van der Waals surface area contributed by atoms with Crippen molar-refractivity contribution in [3.63, 3.8) is 0 Å². The van der Waals surface area contributed by atoms with Gasteiger partial charge >= 0.3 is 0 Å². The van der Waals surface area contributed by atoms with Crippen LogP contribution in [0.15, 0.2) is 16.9 Å². The molecule has 1 aromatic heterocycles. The third kappa shape index (κ3) is 1.64. The molecule has 0 radical (unpaired) electrons. The summed E-state index contributed by atoms with van der Waals surface area (Å²) in [7, 11) is 1.88. The van der Waals surface area contributed by atoms with E-state index >= 15 is 0 Å². The third-order valence-corrected chi connectivity index (χ3v) is 1.63.